The second kappa shape index (κ2) is 5.88. The molecule has 0 saturated heterocycles. The van der Waals surface area contributed by atoms with E-state index in [2.05, 4.69) is 15.3 Å². The summed E-state index contributed by atoms with van der Waals surface area (Å²) in [4.78, 5) is 8.42. The maximum Gasteiger partial charge on any atom is 0.162 e. The van der Waals surface area contributed by atoms with Crippen molar-refractivity contribution in [1.29, 1.82) is 0 Å². The molecule has 1 aromatic heterocycles. The van der Waals surface area contributed by atoms with E-state index in [4.69, 9.17) is 9.47 Å². The van der Waals surface area contributed by atoms with Crippen molar-refractivity contribution in [3.8, 4) is 23.0 Å². The molecule has 1 heterocycles. The fourth-order valence-electron chi connectivity index (χ4n) is 2.24. The fraction of sp³-hybridized carbons (Fsp3) is 0.125. The lowest BCUT2D eigenvalue weighted by Crippen LogP contribution is -1.98. The van der Waals surface area contributed by atoms with Crippen molar-refractivity contribution < 1.29 is 19.7 Å². The van der Waals surface area contributed by atoms with Crippen LogP contribution >= 0.6 is 0 Å². The van der Waals surface area contributed by atoms with Gasteiger partial charge in [-0.05, 0) is 18.2 Å². The average molecular weight is 313 g/mol. The average Bonchev–Trinajstić information content (AvgIpc) is 2.56. The van der Waals surface area contributed by atoms with Gasteiger partial charge in [0, 0.05) is 17.5 Å². The number of aromatic hydroxyl groups is 2. The van der Waals surface area contributed by atoms with Crippen LogP contribution in [0.1, 0.15) is 0 Å². The van der Waals surface area contributed by atoms with Gasteiger partial charge in [0.2, 0.25) is 0 Å². The number of phenolic OH excluding ortho intramolecular Hbond substituents is 2. The molecule has 0 aliphatic carbocycles. The maximum absolute atomic E-state index is 9.90. The summed E-state index contributed by atoms with van der Waals surface area (Å²) in [7, 11) is 3.10. The van der Waals surface area contributed by atoms with Gasteiger partial charge in [-0.1, -0.05) is 0 Å². The molecule has 118 valence electrons. The zero-order valence-electron chi connectivity index (χ0n) is 12.6. The van der Waals surface area contributed by atoms with E-state index in [0.29, 0.717) is 33.9 Å². The van der Waals surface area contributed by atoms with Crippen LogP contribution in [0.15, 0.2) is 36.7 Å². The van der Waals surface area contributed by atoms with Crippen molar-refractivity contribution in [3.05, 3.63) is 36.7 Å². The monoisotopic (exact) mass is 313 g/mol. The number of anilines is 2. The third-order valence-corrected chi connectivity index (χ3v) is 3.38. The first kappa shape index (κ1) is 14.7. The molecule has 3 N–H and O–H groups in total. The third-order valence-electron chi connectivity index (χ3n) is 3.38. The van der Waals surface area contributed by atoms with E-state index in [1.807, 2.05) is 0 Å². The summed E-state index contributed by atoms with van der Waals surface area (Å²) >= 11 is 0. The number of hydrogen-bond donors (Lipinski definition) is 3. The van der Waals surface area contributed by atoms with E-state index in [1.165, 1.54) is 18.5 Å². The van der Waals surface area contributed by atoms with Gasteiger partial charge in [0.05, 0.1) is 25.4 Å². The molecular weight excluding hydrogens is 298 g/mol. The zero-order chi connectivity index (χ0) is 16.4. The van der Waals surface area contributed by atoms with Crippen LogP contribution in [0.3, 0.4) is 0 Å². The minimum absolute atomic E-state index is 0.0213. The van der Waals surface area contributed by atoms with Gasteiger partial charge in [0.1, 0.15) is 23.6 Å². The molecule has 7 heteroatoms. The lowest BCUT2D eigenvalue weighted by molar-refractivity contribution is 0.356. The highest BCUT2D eigenvalue weighted by atomic mass is 16.5. The largest absolute Gasteiger partial charge is 0.508 e. The van der Waals surface area contributed by atoms with E-state index in [9.17, 15) is 10.2 Å². The fourth-order valence-corrected chi connectivity index (χ4v) is 2.24. The Balaban J connectivity index is 2.10. The minimum Gasteiger partial charge on any atom is -0.508 e. The SMILES string of the molecule is COc1cc2ncnc(Nc3ccc(O)cc3O)c2cc1OC. The normalized spacial score (nSPS) is 10.5. The zero-order valence-corrected chi connectivity index (χ0v) is 12.6. The molecule has 0 aliphatic heterocycles. The first-order valence-electron chi connectivity index (χ1n) is 6.78. The Hall–Kier alpha value is -3.22. The Morgan fingerprint density at radius 3 is 2.39 bits per heavy atom. The van der Waals surface area contributed by atoms with Crippen LogP contribution in [-0.2, 0) is 0 Å². The van der Waals surface area contributed by atoms with Crippen molar-refractivity contribution in [3.63, 3.8) is 0 Å². The van der Waals surface area contributed by atoms with Crippen LogP contribution in [-0.4, -0.2) is 34.4 Å². The van der Waals surface area contributed by atoms with Gasteiger partial charge in [-0.3, -0.25) is 0 Å². The number of nitrogens with zero attached hydrogens (tertiary/aromatic N) is 2. The van der Waals surface area contributed by atoms with E-state index >= 15 is 0 Å². The summed E-state index contributed by atoms with van der Waals surface area (Å²) in [5.41, 5.74) is 1.08. The van der Waals surface area contributed by atoms with Crippen molar-refractivity contribution in [2.75, 3.05) is 19.5 Å². The molecule has 0 spiro atoms. The highest BCUT2D eigenvalue weighted by Gasteiger charge is 2.12. The summed E-state index contributed by atoms with van der Waals surface area (Å²) in [5, 5.41) is 23.0. The number of rotatable bonds is 4. The minimum atomic E-state index is -0.0859. The summed E-state index contributed by atoms with van der Waals surface area (Å²) in [5.74, 6) is 1.51. The summed E-state index contributed by atoms with van der Waals surface area (Å²) in [6.07, 6.45) is 1.41. The van der Waals surface area contributed by atoms with E-state index in [0.717, 1.165) is 0 Å². The van der Waals surface area contributed by atoms with E-state index < -0.39 is 0 Å². The summed E-state index contributed by atoms with van der Waals surface area (Å²) in [6, 6.07) is 7.77. The van der Waals surface area contributed by atoms with Crippen molar-refractivity contribution in [1.82, 2.24) is 9.97 Å². The molecule has 0 unspecified atom stereocenters. The molecule has 0 radical (unpaired) electrons. The van der Waals surface area contributed by atoms with Crippen LogP contribution in [0.25, 0.3) is 10.9 Å². The van der Waals surface area contributed by atoms with Crippen molar-refractivity contribution in [2.45, 2.75) is 0 Å². The molecule has 0 atom stereocenters. The first-order valence-corrected chi connectivity index (χ1v) is 6.78. The van der Waals surface area contributed by atoms with Crippen LogP contribution in [0.2, 0.25) is 0 Å². The van der Waals surface area contributed by atoms with E-state index in [-0.39, 0.29) is 11.5 Å². The van der Waals surface area contributed by atoms with Gasteiger partial charge in [0.25, 0.3) is 0 Å². The number of fused-ring (bicyclic) bond motifs is 1. The summed E-state index contributed by atoms with van der Waals surface area (Å²) < 4.78 is 10.6. The molecule has 0 fully saturated rings. The number of hydrogen-bond acceptors (Lipinski definition) is 7. The van der Waals surface area contributed by atoms with Crippen LogP contribution in [0.4, 0.5) is 11.5 Å². The lowest BCUT2D eigenvalue weighted by Gasteiger charge is -2.12. The smallest absolute Gasteiger partial charge is 0.162 e. The maximum atomic E-state index is 9.90. The van der Waals surface area contributed by atoms with Gasteiger partial charge in [0.15, 0.2) is 11.5 Å². The molecule has 3 aromatic rings. The Labute approximate surface area is 132 Å². The number of ether oxygens (including phenoxy) is 2. The molecule has 7 nitrogen and oxygen atoms in total. The van der Waals surface area contributed by atoms with Gasteiger partial charge in [-0.15, -0.1) is 0 Å². The third kappa shape index (κ3) is 2.76. The number of nitrogens with one attached hydrogen (secondary N) is 1. The van der Waals surface area contributed by atoms with Crippen molar-refractivity contribution in [2.24, 2.45) is 0 Å². The van der Waals surface area contributed by atoms with Gasteiger partial charge in [-0.25, -0.2) is 9.97 Å². The standard InChI is InChI=1S/C16H15N3O4/c1-22-14-6-10-12(7-15(14)23-2)17-8-18-16(10)19-11-4-3-9(20)5-13(11)21/h3-8,20-21H,1-2H3,(H,17,18,19). The summed E-state index contributed by atoms with van der Waals surface area (Å²) in [6.45, 7) is 0. The Kier molecular flexibility index (Phi) is 3.76. The Morgan fingerprint density at radius 2 is 1.70 bits per heavy atom. The molecule has 0 saturated carbocycles. The van der Waals surface area contributed by atoms with Gasteiger partial charge < -0.3 is 25.0 Å². The molecule has 2 aromatic carbocycles. The van der Waals surface area contributed by atoms with Crippen LogP contribution < -0.4 is 14.8 Å². The molecule has 0 bridgehead atoms. The second-order valence-corrected chi connectivity index (χ2v) is 4.77. The molecular formula is C16H15N3O4. The Morgan fingerprint density at radius 1 is 0.957 bits per heavy atom. The number of aromatic nitrogens is 2. The van der Waals surface area contributed by atoms with Gasteiger partial charge in [-0.2, -0.15) is 0 Å². The Bertz CT molecular complexity index is 867. The quantitative estimate of drug-likeness (QED) is 0.503. The second-order valence-electron chi connectivity index (χ2n) is 4.77. The molecule has 0 amide bonds. The number of phenols is 2. The van der Waals surface area contributed by atoms with E-state index in [1.54, 1.807) is 32.4 Å². The molecule has 0 aliphatic rings. The van der Waals surface area contributed by atoms with Gasteiger partial charge >= 0.3 is 0 Å². The van der Waals surface area contributed by atoms with Crippen molar-refractivity contribution >= 4 is 22.4 Å². The molecule has 23 heavy (non-hydrogen) atoms. The topological polar surface area (TPSA) is 96.7 Å². The predicted molar refractivity (Wildman–Crippen MR) is 85.7 cm³/mol. The first-order chi connectivity index (χ1) is 11.1. The highest BCUT2D eigenvalue weighted by molar-refractivity contribution is 5.93. The van der Waals surface area contributed by atoms with Crippen LogP contribution in [0.5, 0.6) is 23.0 Å². The number of methoxy groups -OCH3 is 2. The lowest BCUT2D eigenvalue weighted by atomic mass is 10.2. The van der Waals surface area contributed by atoms with Crippen LogP contribution in [0, 0.1) is 0 Å². The predicted octanol–water partition coefficient (Wildman–Crippen LogP) is 2.80. The highest BCUT2D eigenvalue weighted by Crippen LogP contribution is 2.36. The number of benzene rings is 2. The molecule has 3 rings (SSSR count).